The summed E-state index contributed by atoms with van der Waals surface area (Å²) in [5.41, 5.74) is 1.16. The number of amides is 1. The van der Waals surface area contributed by atoms with Crippen molar-refractivity contribution in [2.45, 2.75) is 27.4 Å². The summed E-state index contributed by atoms with van der Waals surface area (Å²) in [4.78, 5) is 15.9. The molecule has 134 valence electrons. The van der Waals surface area contributed by atoms with E-state index in [-0.39, 0.29) is 11.8 Å². The van der Waals surface area contributed by atoms with Gasteiger partial charge in [0.2, 0.25) is 5.91 Å². The number of nitrogens with zero attached hydrogens (tertiary/aromatic N) is 1. The van der Waals surface area contributed by atoms with Crippen molar-refractivity contribution >= 4 is 11.9 Å². The monoisotopic (exact) mass is 334 g/mol. The van der Waals surface area contributed by atoms with E-state index in [4.69, 9.17) is 4.74 Å². The summed E-state index contributed by atoms with van der Waals surface area (Å²) in [5, 5.41) is 9.23. The van der Waals surface area contributed by atoms with Gasteiger partial charge in [-0.2, -0.15) is 0 Å². The van der Waals surface area contributed by atoms with E-state index in [1.807, 2.05) is 51.1 Å². The quantitative estimate of drug-likeness (QED) is 0.345. The Labute approximate surface area is 145 Å². The second kappa shape index (κ2) is 12.4. The first-order valence-electron chi connectivity index (χ1n) is 8.55. The standard InChI is InChI=1S/C18H30N4O2/c1-4-19-18(21-11-10-20-17(23)15(2)3)22-12-13-24-14-16-8-6-5-7-9-16/h5-9,15H,4,10-14H2,1-3H3,(H,20,23)(H2,19,21,22). The van der Waals surface area contributed by atoms with Crippen molar-refractivity contribution < 1.29 is 9.53 Å². The van der Waals surface area contributed by atoms with Gasteiger partial charge in [-0.1, -0.05) is 44.2 Å². The van der Waals surface area contributed by atoms with Crippen LogP contribution < -0.4 is 16.0 Å². The van der Waals surface area contributed by atoms with Crippen molar-refractivity contribution in [2.75, 3.05) is 32.8 Å². The van der Waals surface area contributed by atoms with Gasteiger partial charge in [-0.15, -0.1) is 0 Å². The Morgan fingerprint density at radius 3 is 2.50 bits per heavy atom. The highest BCUT2D eigenvalue weighted by atomic mass is 16.5. The number of guanidine groups is 1. The highest BCUT2D eigenvalue weighted by molar-refractivity contribution is 5.80. The lowest BCUT2D eigenvalue weighted by atomic mass is 10.2. The topological polar surface area (TPSA) is 74.8 Å². The van der Waals surface area contributed by atoms with Crippen LogP contribution in [-0.2, 0) is 16.1 Å². The van der Waals surface area contributed by atoms with E-state index < -0.39 is 0 Å². The summed E-state index contributed by atoms with van der Waals surface area (Å²) in [6.45, 7) is 9.52. The molecule has 0 atom stereocenters. The number of benzene rings is 1. The minimum Gasteiger partial charge on any atom is -0.375 e. The van der Waals surface area contributed by atoms with Crippen LogP contribution in [0, 0.1) is 5.92 Å². The predicted octanol–water partition coefficient (Wildman–Crippen LogP) is 1.53. The lowest BCUT2D eigenvalue weighted by molar-refractivity contribution is -0.123. The molecule has 6 heteroatoms. The summed E-state index contributed by atoms with van der Waals surface area (Å²) < 4.78 is 5.61. The molecule has 0 aliphatic heterocycles. The normalized spacial score (nSPS) is 11.4. The largest absolute Gasteiger partial charge is 0.375 e. The number of hydrogen-bond acceptors (Lipinski definition) is 3. The van der Waals surface area contributed by atoms with Gasteiger partial charge in [-0.25, -0.2) is 0 Å². The van der Waals surface area contributed by atoms with Crippen molar-refractivity contribution in [1.82, 2.24) is 16.0 Å². The van der Waals surface area contributed by atoms with Crippen LogP contribution >= 0.6 is 0 Å². The minimum atomic E-state index is 0.00803. The molecule has 0 saturated carbocycles. The number of hydrogen-bond donors (Lipinski definition) is 3. The SMILES string of the molecule is CCNC(=NCCOCc1ccccc1)NCCNC(=O)C(C)C. The molecule has 1 aromatic carbocycles. The lowest BCUT2D eigenvalue weighted by Gasteiger charge is -2.12. The van der Waals surface area contributed by atoms with Gasteiger partial charge in [-0.05, 0) is 12.5 Å². The molecule has 3 N–H and O–H groups in total. The Hall–Kier alpha value is -2.08. The number of carbonyl (C=O) groups excluding carboxylic acids is 1. The van der Waals surface area contributed by atoms with Gasteiger partial charge in [0.15, 0.2) is 5.96 Å². The van der Waals surface area contributed by atoms with Crippen molar-refractivity contribution in [1.29, 1.82) is 0 Å². The zero-order chi connectivity index (χ0) is 17.6. The molecular weight excluding hydrogens is 304 g/mol. The number of nitrogens with one attached hydrogen (secondary N) is 3. The molecule has 0 saturated heterocycles. The molecule has 0 heterocycles. The maximum Gasteiger partial charge on any atom is 0.222 e. The Balaban J connectivity index is 2.20. The molecule has 0 aliphatic carbocycles. The molecule has 0 spiro atoms. The zero-order valence-electron chi connectivity index (χ0n) is 15.0. The van der Waals surface area contributed by atoms with Crippen LogP contribution in [-0.4, -0.2) is 44.7 Å². The number of rotatable bonds is 10. The molecule has 1 amide bonds. The van der Waals surface area contributed by atoms with Gasteiger partial charge in [-0.3, -0.25) is 9.79 Å². The second-order valence-electron chi connectivity index (χ2n) is 5.67. The van der Waals surface area contributed by atoms with E-state index in [0.717, 1.165) is 18.1 Å². The highest BCUT2D eigenvalue weighted by Crippen LogP contribution is 1.99. The van der Waals surface area contributed by atoms with E-state index in [9.17, 15) is 4.79 Å². The van der Waals surface area contributed by atoms with Gasteiger partial charge in [0.05, 0.1) is 19.8 Å². The molecule has 6 nitrogen and oxygen atoms in total. The van der Waals surface area contributed by atoms with Crippen molar-refractivity contribution in [2.24, 2.45) is 10.9 Å². The van der Waals surface area contributed by atoms with E-state index in [2.05, 4.69) is 20.9 Å². The van der Waals surface area contributed by atoms with Crippen molar-refractivity contribution in [3.05, 3.63) is 35.9 Å². The van der Waals surface area contributed by atoms with Crippen LogP contribution in [0.3, 0.4) is 0 Å². The fourth-order valence-corrected chi connectivity index (χ4v) is 1.90. The van der Waals surface area contributed by atoms with Gasteiger partial charge in [0.25, 0.3) is 0 Å². The Kier molecular flexibility index (Phi) is 10.3. The summed E-state index contributed by atoms with van der Waals surface area (Å²) in [6.07, 6.45) is 0. The second-order valence-corrected chi connectivity index (χ2v) is 5.67. The van der Waals surface area contributed by atoms with Crippen LogP contribution in [0.15, 0.2) is 35.3 Å². The third-order valence-corrected chi connectivity index (χ3v) is 3.20. The van der Waals surface area contributed by atoms with Gasteiger partial charge in [0.1, 0.15) is 0 Å². The first-order valence-corrected chi connectivity index (χ1v) is 8.55. The van der Waals surface area contributed by atoms with Crippen molar-refractivity contribution in [3.63, 3.8) is 0 Å². The first-order chi connectivity index (χ1) is 11.6. The van der Waals surface area contributed by atoms with Gasteiger partial charge >= 0.3 is 0 Å². The van der Waals surface area contributed by atoms with Crippen molar-refractivity contribution in [3.8, 4) is 0 Å². The van der Waals surface area contributed by atoms with Gasteiger partial charge in [0, 0.05) is 25.6 Å². The first kappa shape index (κ1) is 20.0. The molecule has 1 aromatic rings. The molecule has 0 unspecified atom stereocenters. The Morgan fingerprint density at radius 2 is 1.83 bits per heavy atom. The maximum atomic E-state index is 11.5. The summed E-state index contributed by atoms with van der Waals surface area (Å²) in [5.74, 6) is 0.807. The molecular formula is C18H30N4O2. The molecule has 0 radical (unpaired) electrons. The number of carbonyl (C=O) groups is 1. The smallest absolute Gasteiger partial charge is 0.222 e. The summed E-state index contributed by atoms with van der Waals surface area (Å²) in [6, 6.07) is 10.1. The predicted molar refractivity (Wildman–Crippen MR) is 97.9 cm³/mol. The Morgan fingerprint density at radius 1 is 1.12 bits per heavy atom. The highest BCUT2D eigenvalue weighted by Gasteiger charge is 2.05. The average molecular weight is 334 g/mol. The van der Waals surface area contributed by atoms with Crippen LogP contribution in [0.2, 0.25) is 0 Å². The molecule has 0 aromatic heterocycles. The third-order valence-electron chi connectivity index (χ3n) is 3.20. The van der Waals surface area contributed by atoms with Crippen LogP contribution in [0.25, 0.3) is 0 Å². The van der Waals surface area contributed by atoms with E-state index >= 15 is 0 Å². The minimum absolute atomic E-state index is 0.00803. The summed E-state index contributed by atoms with van der Waals surface area (Å²) >= 11 is 0. The van der Waals surface area contributed by atoms with E-state index in [0.29, 0.717) is 32.8 Å². The number of ether oxygens (including phenoxy) is 1. The van der Waals surface area contributed by atoms with Gasteiger partial charge < -0.3 is 20.7 Å². The molecule has 0 bridgehead atoms. The molecule has 0 fully saturated rings. The zero-order valence-corrected chi connectivity index (χ0v) is 15.0. The summed E-state index contributed by atoms with van der Waals surface area (Å²) in [7, 11) is 0. The van der Waals surface area contributed by atoms with E-state index in [1.165, 1.54) is 0 Å². The van der Waals surface area contributed by atoms with Crippen LogP contribution in [0.4, 0.5) is 0 Å². The Bertz CT molecular complexity index is 489. The van der Waals surface area contributed by atoms with Crippen LogP contribution in [0.1, 0.15) is 26.3 Å². The average Bonchev–Trinajstić information content (AvgIpc) is 2.58. The molecule has 1 rings (SSSR count). The molecule has 0 aliphatic rings. The van der Waals surface area contributed by atoms with Crippen LogP contribution in [0.5, 0.6) is 0 Å². The molecule has 24 heavy (non-hydrogen) atoms. The third kappa shape index (κ3) is 9.15. The van der Waals surface area contributed by atoms with E-state index in [1.54, 1.807) is 0 Å². The maximum absolute atomic E-state index is 11.5. The number of aliphatic imine (C=N–C) groups is 1. The lowest BCUT2D eigenvalue weighted by Crippen LogP contribution is -2.42. The fraction of sp³-hybridized carbons (Fsp3) is 0.556. The fourth-order valence-electron chi connectivity index (χ4n) is 1.90.